The van der Waals surface area contributed by atoms with E-state index in [4.69, 9.17) is 16.7 Å². The summed E-state index contributed by atoms with van der Waals surface area (Å²) in [6.07, 6.45) is 2.07. The monoisotopic (exact) mass is 370 g/mol. The third-order valence-electron chi connectivity index (χ3n) is 3.82. The maximum Gasteiger partial charge on any atom is 0.306 e. The van der Waals surface area contributed by atoms with Crippen molar-refractivity contribution in [2.45, 2.75) is 31.7 Å². The number of hydrogen-bond acceptors (Lipinski definition) is 5. The van der Waals surface area contributed by atoms with Crippen molar-refractivity contribution in [1.29, 1.82) is 0 Å². The van der Waals surface area contributed by atoms with Gasteiger partial charge in [-0.15, -0.1) is 22.7 Å². The number of carbonyl (C=O) groups is 2. The van der Waals surface area contributed by atoms with Crippen LogP contribution < -0.4 is 5.32 Å². The highest BCUT2D eigenvalue weighted by atomic mass is 35.5. The van der Waals surface area contributed by atoms with E-state index in [2.05, 4.69) is 10.3 Å². The normalized spacial score (nSPS) is 20.6. The summed E-state index contributed by atoms with van der Waals surface area (Å²) in [5.74, 6) is -1.22. The smallest absolute Gasteiger partial charge is 0.306 e. The minimum atomic E-state index is -0.777. The number of thiazole rings is 1. The van der Waals surface area contributed by atoms with Gasteiger partial charge in [-0.05, 0) is 31.4 Å². The molecule has 2 aromatic heterocycles. The molecule has 2 aromatic rings. The summed E-state index contributed by atoms with van der Waals surface area (Å²) < 4.78 is 0.712. The number of thiophene rings is 1. The Morgan fingerprint density at radius 3 is 2.87 bits per heavy atom. The van der Waals surface area contributed by atoms with Crippen LogP contribution in [0, 0.1) is 5.92 Å². The van der Waals surface area contributed by atoms with E-state index in [0.29, 0.717) is 17.2 Å². The number of aromatic nitrogens is 1. The Morgan fingerprint density at radius 2 is 2.22 bits per heavy atom. The van der Waals surface area contributed by atoms with E-state index < -0.39 is 5.97 Å². The van der Waals surface area contributed by atoms with Gasteiger partial charge in [-0.2, -0.15) is 0 Å². The van der Waals surface area contributed by atoms with Crippen molar-refractivity contribution in [3.05, 3.63) is 27.5 Å². The van der Waals surface area contributed by atoms with Gasteiger partial charge in [-0.25, -0.2) is 4.98 Å². The lowest BCUT2D eigenvalue weighted by Crippen LogP contribution is -2.34. The van der Waals surface area contributed by atoms with Gasteiger partial charge in [0.1, 0.15) is 5.01 Å². The highest BCUT2D eigenvalue weighted by Crippen LogP contribution is 2.33. The molecule has 0 aliphatic heterocycles. The molecule has 5 nitrogen and oxygen atoms in total. The van der Waals surface area contributed by atoms with E-state index in [1.54, 1.807) is 0 Å². The standard InChI is InChI=1S/C15H15ClN2O3S2/c16-12-4-3-11(23-12)14-18-10(7-22-14)6-13(19)17-9-2-1-8(5-9)15(20)21/h3-4,7-9H,1-2,5-6H2,(H,17,19)(H,20,21)/t8-,9+/m0/s1. The summed E-state index contributed by atoms with van der Waals surface area (Å²) in [6, 6.07) is 3.70. The Hall–Kier alpha value is -1.44. The molecule has 2 atom stereocenters. The second kappa shape index (κ2) is 6.98. The first kappa shape index (κ1) is 16.4. The molecule has 1 amide bonds. The fourth-order valence-electron chi connectivity index (χ4n) is 2.71. The van der Waals surface area contributed by atoms with Crippen LogP contribution in [0.25, 0.3) is 9.88 Å². The fraction of sp³-hybridized carbons (Fsp3) is 0.400. The van der Waals surface area contributed by atoms with Crippen molar-refractivity contribution in [2.24, 2.45) is 5.92 Å². The lowest BCUT2D eigenvalue weighted by atomic mass is 10.1. The molecule has 3 rings (SSSR count). The summed E-state index contributed by atoms with van der Waals surface area (Å²) in [5, 5.41) is 14.6. The van der Waals surface area contributed by atoms with Gasteiger partial charge in [-0.1, -0.05) is 11.6 Å². The van der Waals surface area contributed by atoms with E-state index in [1.165, 1.54) is 22.7 Å². The predicted octanol–water partition coefficient (Wildman–Crippen LogP) is 3.44. The minimum Gasteiger partial charge on any atom is -0.481 e. The summed E-state index contributed by atoms with van der Waals surface area (Å²) in [4.78, 5) is 28.5. The summed E-state index contributed by atoms with van der Waals surface area (Å²) in [5.41, 5.74) is 0.722. The Bertz CT molecular complexity index is 728. The van der Waals surface area contributed by atoms with Gasteiger partial charge < -0.3 is 10.4 Å². The molecule has 0 saturated heterocycles. The van der Waals surface area contributed by atoms with E-state index in [9.17, 15) is 9.59 Å². The molecule has 0 spiro atoms. The van der Waals surface area contributed by atoms with Crippen LogP contribution in [-0.4, -0.2) is 28.0 Å². The highest BCUT2D eigenvalue weighted by molar-refractivity contribution is 7.23. The second-order valence-corrected chi connectivity index (χ2v) is 8.11. The van der Waals surface area contributed by atoms with Gasteiger partial charge in [0.05, 0.1) is 27.2 Å². The summed E-state index contributed by atoms with van der Waals surface area (Å²) in [7, 11) is 0. The first-order valence-corrected chi connectivity index (χ1v) is 9.31. The van der Waals surface area contributed by atoms with Gasteiger partial charge in [0.2, 0.25) is 5.91 Å². The number of nitrogens with one attached hydrogen (secondary N) is 1. The third-order valence-corrected chi connectivity index (χ3v) is 6.12. The predicted molar refractivity (Wildman–Crippen MR) is 91.0 cm³/mol. The van der Waals surface area contributed by atoms with Crippen molar-refractivity contribution in [3.63, 3.8) is 0 Å². The van der Waals surface area contributed by atoms with E-state index in [1.807, 2.05) is 17.5 Å². The number of halogens is 1. The summed E-state index contributed by atoms with van der Waals surface area (Å²) >= 11 is 8.87. The molecule has 1 aliphatic rings. The van der Waals surface area contributed by atoms with E-state index in [-0.39, 0.29) is 24.3 Å². The fourth-order valence-corrected chi connectivity index (χ4v) is 4.65. The van der Waals surface area contributed by atoms with Crippen molar-refractivity contribution < 1.29 is 14.7 Å². The number of nitrogens with zero attached hydrogens (tertiary/aromatic N) is 1. The molecular weight excluding hydrogens is 356 g/mol. The number of carboxylic acids is 1. The van der Waals surface area contributed by atoms with Crippen LogP contribution in [0.4, 0.5) is 0 Å². The maximum atomic E-state index is 12.1. The lowest BCUT2D eigenvalue weighted by molar-refractivity contribution is -0.141. The largest absolute Gasteiger partial charge is 0.481 e. The van der Waals surface area contributed by atoms with Gasteiger partial charge in [0.25, 0.3) is 0 Å². The summed E-state index contributed by atoms with van der Waals surface area (Å²) in [6.45, 7) is 0. The molecule has 0 radical (unpaired) electrons. The number of carboxylic acid groups (broad SMARTS) is 1. The third kappa shape index (κ3) is 4.10. The molecule has 1 fully saturated rings. The van der Waals surface area contributed by atoms with Crippen molar-refractivity contribution in [3.8, 4) is 9.88 Å². The molecule has 1 saturated carbocycles. The topological polar surface area (TPSA) is 79.3 Å². The van der Waals surface area contributed by atoms with Crippen LogP contribution in [0.2, 0.25) is 4.34 Å². The van der Waals surface area contributed by atoms with Gasteiger partial charge >= 0.3 is 5.97 Å². The number of aliphatic carboxylic acids is 1. The molecule has 0 aromatic carbocycles. The van der Waals surface area contributed by atoms with Crippen LogP contribution in [0.1, 0.15) is 25.0 Å². The van der Waals surface area contributed by atoms with Crippen molar-refractivity contribution in [2.75, 3.05) is 0 Å². The molecule has 0 bridgehead atoms. The maximum absolute atomic E-state index is 12.1. The average Bonchev–Trinajstić information content (AvgIpc) is 3.19. The zero-order chi connectivity index (χ0) is 16.4. The minimum absolute atomic E-state index is 0.0437. The number of carbonyl (C=O) groups excluding carboxylic acids is 1. The molecule has 23 heavy (non-hydrogen) atoms. The van der Waals surface area contributed by atoms with Gasteiger partial charge in [0.15, 0.2) is 0 Å². The van der Waals surface area contributed by atoms with Crippen molar-refractivity contribution in [1.82, 2.24) is 10.3 Å². The molecule has 2 heterocycles. The number of amides is 1. The van der Waals surface area contributed by atoms with Crippen molar-refractivity contribution >= 4 is 46.2 Å². The number of rotatable bonds is 5. The van der Waals surface area contributed by atoms with Crippen LogP contribution >= 0.6 is 34.3 Å². The molecular formula is C15H15ClN2O3S2. The molecule has 8 heteroatoms. The first-order valence-electron chi connectivity index (χ1n) is 7.23. The Labute approximate surface area is 146 Å². The zero-order valence-corrected chi connectivity index (χ0v) is 14.5. The quantitative estimate of drug-likeness (QED) is 0.844. The first-order chi connectivity index (χ1) is 11.0. The Balaban J connectivity index is 1.54. The lowest BCUT2D eigenvalue weighted by Gasteiger charge is -2.11. The van der Waals surface area contributed by atoms with Crippen LogP contribution in [0.15, 0.2) is 17.5 Å². The van der Waals surface area contributed by atoms with Gasteiger partial charge in [0, 0.05) is 11.4 Å². The average molecular weight is 371 g/mol. The SMILES string of the molecule is O=C(Cc1csc(-c2ccc(Cl)s2)n1)N[C@@H]1CC[C@H](C(=O)O)C1. The van der Waals surface area contributed by atoms with E-state index >= 15 is 0 Å². The second-order valence-electron chi connectivity index (χ2n) is 5.54. The molecule has 2 N–H and O–H groups in total. The van der Waals surface area contributed by atoms with E-state index in [0.717, 1.165) is 22.0 Å². The Morgan fingerprint density at radius 1 is 1.39 bits per heavy atom. The van der Waals surface area contributed by atoms with Crippen LogP contribution in [0.3, 0.4) is 0 Å². The zero-order valence-electron chi connectivity index (χ0n) is 12.1. The highest BCUT2D eigenvalue weighted by Gasteiger charge is 2.30. The molecule has 0 unspecified atom stereocenters. The van der Waals surface area contributed by atoms with Gasteiger partial charge in [-0.3, -0.25) is 9.59 Å². The molecule has 122 valence electrons. The van der Waals surface area contributed by atoms with Crippen LogP contribution in [-0.2, 0) is 16.0 Å². The van der Waals surface area contributed by atoms with Crippen LogP contribution in [0.5, 0.6) is 0 Å². The Kier molecular flexibility index (Phi) is 4.99. The molecule has 1 aliphatic carbocycles. The number of hydrogen-bond donors (Lipinski definition) is 2.